The maximum Gasteiger partial charge on any atom is 0.0705 e. The molecule has 1 heterocycles. The molecule has 0 saturated carbocycles. The van der Waals surface area contributed by atoms with E-state index in [4.69, 9.17) is 17.3 Å². The minimum absolute atomic E-state index is 0.254. The van der Waals surface area contributed by atoms with Gasteiger partial charge in [-0.05, 0) is 41.5 Å². The van der Waals surface area contributed by atoms with Crippen LogP contribution in [0.5, 0.6) is 0 Å². The summed E-state index contributed by atoms with van der Waals surface area (Å²) in [5, 5.41) is 1.74. The lowest BCUT2D eigenvalue weighted by Gasteiger charge is -2.16. The van der Waals surface area contributed by atoms with Crippen molar-refractivity contribution in [2.45, 2.75) is 6.04 Å². The Balaban J connectivity index is 2.17. The van der Waals surface area contributed by atoms with E-state index in [9.17, 15) is 0 Å². The summed E-state index contributed by atoms with van der Waals surface area (Å²) in [7, 11) is 0. The number of fused-ring (bicyclic) bond motifs is 1. The Morgan fingerprint density at radius 3 is 2.75 bits per heavy atom. The summed E-state index contributed by atoms with van der Waals surface area (Å²) in [4.78, 5) is 4.36. The summed E-state index contributed by atoms with van der Waals surface area (Å²) in [6.45, 7) is 0. The molecular formula is C16H12BrClN2. The molecule has 4 heteroatoms. The van der Waals surface area contributed by atoms with Crippen LogP contribution >= 0.6 is 27.5 Å². The van der Waals surface area contributed by atoms with Gasteiger partial charge in [-0.1, -0.05) is 45.7 Å². The van der Waals surface area contributed by atoms with Crippen LogP contribution in [-0.4, -0.2) is 4.98 Å². The highest BCUT2D eigenvalue weighted by Crippen LogP contribution is 2.32. The Labute approximate surface area is 130 Å². The van der Waals surface area contributed by atoms with Crippen molar-refractivity contribution in [2.24, 2.45) is 5.73 Å². The van der Waals surface area contributed by atoms with Crippen molar-refractivity contribution in [1.29, 1.82) is 0 Å². The van der Waals surface area contributed by atoms with Gasteiger partial charge in [0.1, 0.15) is 0 Å². The van der Waals surface area contributed by atoms with Gasteiger partial charge in [0, 0.05) is 21.1 Å². The normalized spacial score (nSPS) is 12.6. The molecule has 0 fully saturated rings. The topological polar surface area (TPSA) is 38.9 Å². The number of halogens is 2. The van der Waals surface area contributed by atoms with Gasteiger partial charge in [-0.15, -0.1) is 0 Å². The van der Waals surface area contributed by atoms with E-state index in [1.807, 2.05) is 48.5 Å². The van der Waals surface area contributed by atoms with Crippen molar-refractivity contribution in [3.05, 3.63) is 75.4 Å². The fourth-order valence-electron chi connectivity index (χ4n) is 2.32. The molecule has 0 aliphatic carbocycles. The molecule has 2 nitrogen and oxygen atoms in total. The number of benzene rings is 2. The maximum absolute atomic E-state index is 6.44. The molecule has 2 N–H and O–H groups in total. The fourth-order valence-corrected chi connectivity index (χ4v) is 2.99. The molecule has 1 aromatic heterocycles. The van der Waals surface area contributed by atoms with Crippen molar-refractivity contribution in [1.82, 2.24) is 4.98 Å². The molecule has 100 valence electrons. The average Bonchev–Trinajstić information content (AvgIpc) is 2.48. The Hall–Kier alpha value is -1.42. The van der Waals surface area contributed by atoms with Crippen LogP contribution in [0.25, 0.3) is 10.9 Å². The minimum atomic E-state index is -0.254. The number of nitrogens with zero attached hydrogens (tertiary/aromatic N) is 1. The van der Waals surface area contributed by atoms with Crippen LogP contribution in [-0.2, 0) is 0 Å². The second-order valence-corrected chi connectivity index (χ2v) is 5.85. The molecule has 0 radical (unpaired) electrons. The van der Waals surface area contributed by atoms with E-state index in [0.29, 0.717) is 5.02 Å². The standard InChI is InChI=1S/C16H12BrClN2/c17-14-7-6-10(18)9-13(14)16(19)12-3-1-5-15-11(12)4-2-8-20-15/h1-9,16H,19H2. The molecular weight excluding hydrogens is 336 g/mol. The van der Waals surface area contributed by atoms with Crippen LogP contribution in [0, 0.1) is 0 Å². The van der Waals surface area contributed by atoms with Gasteiger partial charge >= 0.3 is 0 Å². The summed E-state index contributed by atoms with van der Waals surface area (Å²) in [5.41, 5.74) is 9.39. The first-order chi connectivity index (χ1) is 9.66. The van der Waals surface area contributed by atoms with E-state index in [1.165, 1.54) is 0 Å². The average molecular weight is 348 g/mol. The number of rotatable bonds is 2. The van der Waals surface area contributed by atoms with Crippen LogP contribution in [0.4, 0.5) is 0 Å². The molecule has 1 unspecified atom stereocenters. The molecule has 2 aromatic carbocycles. The Kier molecular flexibility index (Phi) is 3.74. The molecule has 0 amide bonds. The molecule has 3 aromatic rings. The van der Waals surface area contributed by atoms with Crippen LogP contribution in [0.15, 0.2) is 59.2 Å². The largest absolute Gasteiger partial charge is 0.320 e. The van der Waals surface area contributed by atoms with E-state index >= 15 is 0 Å². The minimum Gasteiger partial charge on any atom is -0.320 e. The predicted octanol–water partition coefficient (Wildman–Crippen LogP) is 4.70. The highest BCUT2D eigenvalue weighted by Gasteiger charge is 2.15. The van der Waals surface area contributed by atoms with Crippen molar-refractivity contribution < 1.29 is 0 Å². The van der Waals surface area contributed by atoms with Crippen LogP contribution in [0.3, 0.4) is 0 Å². The van der Waals surface area contributed by atoms with E-state index in [-0.39, 0.29) is 6.04 Å². The van der Waals surface area contributed by atoms with Crippen LogP contribution < -0.4 is 5.73 Å². The maximum atomic E-state index is 6.44. The molecule has 20 heavy (non-hydrogen) atoms. The van der Waals surface area contributed by atoms with Crippen molar-refractivity contribution in [3.63, 3.8) is 0 Å². The lowest BCUT2D eigenvalue weighted by Crippen LogP contribution is -2.13. The number of hydrogen-bond donors (Lipinski definition) is 1. The summed E-state index contributed by atoms with van der Waals surface area (Å²) in [6.07, 6.45) is 1.78. The van der Waals surface area contributed by atoms with Crippen LogP contribution in [0.1, 0.15) is 17.2 Å². The van der Waals surface area contributed by atoms with Crippen molar-refractivity contribution in [3.8, 4) is 0 Å². The van der Waals surface area contributed by atoms with Gasteiger partial charge in [-0.25, -0.2) is 0 Å². The third-order valence-electron chi connectivity index (χ3n) is 3.31. The summed E-state index contributed by atoms with van der Waals surface area (Å²) in [6, 6.07) is 15.3. The van der Waals surface area contributed by atoms with Gasteiger partial charge in [0.25, 0.3) is 0 Å². The Morgan fingerprint density at radius 2 is 1.90 bits per heavy atom. The summed E-state index contributed by atoms with van der Waals surface area (Å²) in [5.74, 6) is 0. The number of hydrogen-bond acceptors (Lipinski definition) is 2. The van der Waals surface area contributed by atoms with Crippen LogP contribution in [0.2, 0.25) is 5.02 Å². The first kappa shape index (κ1) is 13.6. The Bertz CT molecular complexity index is 768. The van der Waals surface area contributed by atoms with Gasteiger partial charge in [-0.2, -0.15) is 0 Å². The number of nitrogens with two attached hydrogens (primary N) is 1. The summed E-state index contributed by atoms with van der Waals surface area (Å²) < 4.78 is 0.954. The SMILES string of the molecule is NC(c1cc(Cl)ccc1Br)c1cccc2ncccc12. The van der Waals surface area contributed by atoms with Gasteiger partial charge in [0.2, 0.25) is 0 Å². The molecule has 0 aliphatic rings. The second kappa shape index (κ2) is 5.52. The number of pyridine rings is 1. The quantitative estimate of drug-likeness (QED) is 0.730. The summed E-state index contributed by atoms with van der Waals surface area (Å²) >= 11 is 9.62. The van der Waals surface area contributed by atoms with Crippen molar-refractivity contribution in [2.75, 3.05) is 0 Å². The molecule has 0 saturated heterocycles. The number of aromatic nitrogens is 1. The third kappa shape index (κ3) is 2.44. The highest BCUT2D eigenvalue weighted by atomic mass is 79.9. The van der Waals surface area contributed by atoms with Gasteiger partial charge in [0.05, 0.1) is 11.6 Å². The second-order valence-electron chi connectivity index (χ2n) is 4.56. The fraction of sp³-hybridized carbons (Fsp3) is 0.0625. The smallest absolute Gasteiger partial charge is 0.0705 e. The zero-order chi connectivity index (χ0) is 14.1. The van der Waals surface area contributed by atoms with E-state index in [2.05, 4.69) is 20.9 Å². The first-order valence-corrected chi connectivity index (χ1v) is 7.38. The lowest BCUT2D eigenvalue weighted by molar-refractivity contribution is 0.874. The van der Waals surface area contributed by atoms with E-state index < -0.39 is 0 Å². The van der Waals surface area contributed by atoms with E-state index in [1.54, 1.807) is 6.20 Å². The monoisotopic (exact) mass is 346 g/mol. The zero-order valence-corrected chi connectivity index (χ0v) is 12.9. The van der Waals surface area contributed by atoms with Gasteiger partial charge in [-0.3, -0.25) is 4.98 Å². The third-order valence-corrected chi connectivity index (χ3v) is 4.26. The molecule has 0 aliphatic heterocycles. The molecule has 3 rings (SSSR count). The first-order valence-electron chi connectivity index (χ1n) is 6.21. The van der Waals surface area contributed by atoms with E-state index in [0.717, 1.165) is 26.5 Å². The highest BCUT2D eigenvalue weighted by molar-refractivity contribution is 9.10. The van der Waals surface area contributed by atoms with Gasteiger partial charge in [0.15, 0.2) is 0 Å². The lowest BCUT2D eigenvalue weighted by atomic mass is 9.96. The molecule has 0 bridgehead atoms. The van der Waals surface area contributed by atoms with Crippen molar-refractivity contribution >= 4 is 38.4 Å². The molecule has 1 atom stereocenters. The predicted molar refractivity (Wildman–Crippen MR) is 86.9 cm³/mol. The zero-order valence-electron chi connectivity index (χ0n) is 10.6. The molecule has 0 spiro atoms. The Morgan fingerprint density at radius 1 is 1.05 bits per heavy atom. The van der Waals surface area contributed by atoms with Gasteiger partial charge < -0.3 is 5.73 Å².